The summed E-state index contributed by atoms with van der Waals surface area (Å²) in [6, 6.07) is -0.727. The van der Waals surface area contributed by atoms with Gasteiger partial charge in [0, 0.05) is 6.42 Å². The Hall–Kier alpha value is -1.07. The topological polar surface area (TPSA) is 149 Å². The van der Waals surface area contributed by atoms with Gasteiger partial charge in [-0.05, 0) is 32.1 Å². The molecule has 1 saturated heterocycles. The van der Waals surface area contributed by atoms with E-state index in [0.717, 1.165) is 32.1 Å². The third kappa shape index (κ3) is 24.8. The first-order valence-electron chi connectivity index (χ1n) is 21.4. The minimum Gasteiger partial charge on any atom is -0.394 e. The van der Waals surface area contributed by atoms with Crippen LogP contribution >= 0.6 is 0 Å². The number of nitrogens with one attached hydrogen (secondary N) is 1. The number of ether oxygens (including phenoxy) is 2. The van der Waals surface area contributed by atoms with Crippen LogP contribution in [0.1, 0.15) is 194 Å². The number of aliphatic hydroxyl groups excluding tert-OH is 5. The fourth-order valence-corrected chi connectivity index (χ4v) is 6.87. The van der Waals surface area contributed by atoms with Crippen LogP contribution in [0.2, 0.25) is 0 Å². The summed E-state index contributed by atoms with van der Waals surface area (Å²) in [5, 5.41) is 54.1. The highest BCUT2D eigenvalue weighted by atomic mass is 16.7. The van der Waals surface area contributed by atoms with Crippen molar-refractivity contribution < 1.29 is 39.8 Å². The molecule has 0 aromatic heterocycles. The van der Waals surface area contributed by atoms with Crippen LogP contribution in [0, 0.1) is 0 Å². The summed E-state index contributed by atoms with van der Waals surface area (Å²) in [4.78, 5) is 12.8. The molecular weight excluding hydrogens is 646 g/mol. The van der Waals surface area contributed by atoms with E-state index >= 15 is 0 Å². The first-order chi connectivity index (χ1) is 24.8. The molecule has 0 aliphatic carbocycles. The second kappa shape index (κ2) is 33.5. The summed E-state index contributed by atoms with van der Waals surface area (Å²) in [6.07, 6.45) is 29.5. The maximum atomic E-state index is 12.8. The minimum absolute atomic E-state index is 0.146. The minimum atomic E-state index is -1.55. The van der Waals surface area contributed by atoms with Gasteiger partial charge in [0.25, 0.3) is 0 Å². The summed E-state index contributed by atoms with van der Waals surface area (Å²) in [6.45, 7) is 3.77. The van der Waals surface area contributed by atoms with Gasteiger partial charge in [-0.15, -0.1) is 0 Å². The monoisotopic (exact) mass is 728 g/mol. The van der Waals surface area contributed by atoms with E-state index in [1.54, 1.807) is 0 Å². The predicted octanol–water partition coefficient (Wildman–Crippen LogP) is 8.17. The fraction of sp³-hybridized carbons (Fsp3) is 0.929. The van der Waals surface area contributed by atoms with Crippen molar-refractivity contribution in [2.24, 2.45) is 0 Å². The van der Waals surface area contributed by atoms with Crippen molar-refractivity contribution in [3.8, 4) is 0 Å². The standard InChI is InChI=1S/C42H81NO8/c1-3-5-7-9-11-13-14-15-16-17-18-19-20-21-22-24-25-27-29-31-36(45)35(34-50-42-41(49)40(48)39(47)37(33-44)51-42)43-38(46)32-30-28-26-23-12-10-8-6-4-2/h23,26,35-37,39-42,44-45,47-49H,3-22,24-25,27-34H2,1-2H3,(H,43,46)/b26-23-. The van der Waals surface area contributed by atoms with Gasteiger partial charge in [-0.2, -0.15) is 0 Å². The van der Waals surface area contributed by atoms with Crippen LogP contribution in [-0.4, -0.2) is 87.5 Å². The van der Waals surface area contributed by atoms with Gasteiger partial charge in [-0.1, -0.05) is 167 Å². The number of allylic oxidation sites excluding steroid dienone is 2. The van der Waals surface area contributed by atoms with Crippen LogP contribution in [0.3, 0.4) is 0 Å². The Morgan fingerprint density at radius 2 is 1.10 bits per heavy atom. The molecule has 1 fully saturated rings. The van der Waals surface area contributed by atoms with E-state index in [2.05, 4.69) is 31.3 Å². The van der Waals surface area contributed by atoms with Gasteiger partial charge < -0.3 is 40.3 Å². The van der Waals surface area contributed by atoms with Crippen molar-refractivity contribution in [3.05, 3.63) is 12.2 Å². The molecule has 7 unspecified atom stereocenters. The van der Waals surface area contributed by atoms with Crippen LogP contribution in [0.5, 0.6) is 0 Å². The zero-order chi connectivity index (χ0) is 37.4. The van der Waals surface area contributed by atoms with Crippen LogP contribution < -0.4 is 5.32 Å². The molecule has 302 valence electrons. The molecular formula is C42H81NO8. The molecule has 0 radical (unpaired) electrons. The quantitative estimate of drug-likeness (QED) is 0.0283. The third-order valence-corrected chi connectivity index (χ3v) is 10.4. The highest BCUT2D eigenvalue weighted by Gasteiger charge is 2.44. The Morgan fingerprint density at radius 3 is 1.59 bits per heavy atom. The highest BCUT2D eigenvalue weighted by Crippen LogP contribution is 2.23. The van der Waals surface area contributed by atoms with Crippen molar-refractivity contribution >= 4 is 5.91 Å². The lowest BCUT2D eigenvalue weighted by molar-refractivity contribution is -0.302. The SMILES string of the molecule is CCCCCC/C=C\CCCC(=O)NC(COC1OC(CO)C(O)C(O)C1O)C(O)CCCCCCCCCCCCCCCCCCCCC. The molecule has 1 rings (SSSR count). The van der Waals surface area contributed by atoms with Crippen molar-refractivity contribution in [1.29, 1.82) is 0 Å². The van der Waals surface area contributed by atoms with Crippen molar-refractivity contribution in [2.45, 2.75) is 236 Å². The highest BCUT2D eigenvalue weighted by molar-refractivity contribution is 5.76. The average Bonchev–Trinajstić information content (AvgIpc) is 3.13. The first kappa shape index (κ1) is 48.0. The zero-order valence-electron chi connectivity index (χ0n) is 32.9. The van der Waals surface area contributed by atoms with Gasteiger partial charge in [-0.3, -0.25) is 4.79 Å². The van der Waals surface area contributed by atoms with Crippen LogP contribution in [0.4, 0.5) is 0 Å². The normalized spacial score (nSPS) is 22.1. The Bertz CT molecular complexity index is 812. The molecule has 0 aromatic carbocycles. The Labute approximate surface area is 312 Å². The third-order valence-electron chi connectivity index (χ3n) is 10.4. The maximum absolute atomic E-state index is 12.8. The molecule has 0 bridgehead atoms. The van der Waals surface area contributed by atoms with E-state index in [1.807, 2.05) is 0 Å². The number of carbonyl (C=O) groups is 1. The van der Waals surface area contributed by atoms with Crippen LogP contribution in [0.15, 0.2) is 12.2 Å². The van der Waals surface area contributed by atoms with Gasteiger partial charge in [0.1, 0.15) is 24.4 Å². The Kier molecular flexibility index (Phi) is 31.5. The van der Waals surface area contributed by atoms with Crippen LogP contribution in [-0.2, 0) is 14.3 Å². The molecule has 51 heavy (non-hydrogen) atoms. The molecule has 9 nitrogen and oxygen atoms in total. The lowest BCUT2D eigenvalue weighted by Crippen LogP contribution is -2.60. The summed E-state index contributed by atoms with van der Waals surface area (Å²) < 4.78 is 11.2. The maximum Gasteiger partial charge on any atom is 0.220 e. The molecule has 1 aliphatic rings. The molecule has 0 saturated carbocycles. The average molecular weight is 728 g/mol. The van der Waals surface area contributed by atoms with Gasteiger partial charge in [0.2, 0.25) is 5.91 Å². The van der Waals surface area contributed by atoms with Gasteiger partial charge >= 0.3 is 0 Å². The van der Waals surface area contributed by atoms with Gasteiger partial charge in [0.15, 0.2) is 6.29 Å². The van der Waals surface area contributed by atoms with E-state index in [9.17, 15) is 30.3 Å². The van der Waals surface area contributed by atoms with Crippen molar-refractivity contribution in [2.75, 3.05) is 13.2 Å². The summed E-state index contributed by atoms with van der Waals surface area (Å²) in [5.74, 6) is -0.180. The molecule has 7 atom stereocenters. The molecule has 1 heterocycles. The van der Waals surface area contributed by atoms with E-state index in [-0.39, 0.29) is 12.5 Å². The largest absolute Gasteiger partial charge is 0.394 e. The van der Waals surface area contributed by atoms with E-state index in [1.165, 1.54) is 128 Å². The van der Waals surface area contributed by atoms with Crippen molar-refractivity contribution in [3.63, 3.8) is 0 Å². The second-order valence-corrected chi connectivity index (χ2v) is 15.1. The molecule has 9 heteroatoms. The molecule has 0 spiro atoms. The summed E-state index contributed by atoms with van der Waals surface area (Å²) in [7, 11) is 0. The lowest BCUT2D eigenvalue weighted by atomic mass is 9.99. The number of rotatable bonds is 35. The van der Waals surface area contributed by atoms with E-state index < -0.39 is 49.5 Å². The summed E-state index contributed by atoms with van der Waals surface area (Å²) >= 11 is 0. The molecule has 1 aliphatic heterocycles. The number of hydrogen-bond donors (Lipinski definition) is 6. The molecule has 6 N–H and O–H groups in total. The first-order valence-corrected chi connectivity index (χ1v) is 21.4. The Morgan fingerprint density at radius 1 is 0.647 bits per heavy atom. The number of carbonyl (C=O) groups excluding carboxylic acids is 1. The number of aliphatic hydroxyl groups is 5. The zero-order valence-corrected chi connectivity index (χ0v) is 32.9. The fourth-order valence-electron chi connectivity index (χ4n) is 6.87. The summed E-state index contributed by atoms with van der Waals surface area (Å²) in [5.41, 5.74) is 0. The van der Waals surface area contributed by atoms with Gasteiger partial charge in [0.05, 0.1) is 25.4 Å². The van der Waals surface area contributed by atoms with E-state index in [0.29, 0.717) is 19.3 Å². The van der Waals surface area contributed by atoms with E-state index in [4.69, 9.17) is 9.47 Å². The molecule has 1 amide bonds. The van der Waals surface area contributed by atoms with Crippen molar-refractivity contribution in [1.82, 2.24) is 5.32 Å². The lowest BCUT2D eigenvalue weighted by Gasteiger charge is -2.40. The second-order valence-electron chi connectivity index (χ2n) is 15.1. The molecule has 0 aromatic rings. The Balaban J connectivity index is 2.32. The predicted molar refractivity (Wildman–Crippen MR) is 207 cm³/mol. The van der Waals surface area contributed by atoms with Crippen LogP contribution in [0.25, 0.3) is 0 Å². The number of amides is 1. The van der Waals surface area contributed by atoms with Gasteiger partial charge in [-0.25, -0.2) is 0 Å². The number of hydrogen-bond acceptors (Lipinski definition) is 8. The smallest absolute Gasteiger partial charge is 0.220 e. The number of unbranched alkanes of at least 4 members (excludes halogenated alkanes) is 23.